The third-order valence-corrected chi connectivity index (χ3v) is 2.64. The number of hydrogen-bond acceptors (Lipinski definition) is 5. The molecule has 0 bridgehead atoms. The lowest BCUT2D eigenvalue weighted by atomic mass is 10.2. The van der Waals surface area contributed by atoms with Crippen LogP contribution in [0.4, 0.5) is 0 Å². The molecule has 13 heavy (non-hydrogen) atoms. The van der Waals surface area contributed by atoms with Crippen molar-refractivity contribution >= 4 is 5.97 Å². The lowest BCUT2D eigenvalue weighted by Gasteiger charge is -2.18. The van der Waals surface area contributed by atoms with Crippen molar-refractivity contribution in [2.75, 3.05) is 19.7 Å². The fraction of sp³-hybridized carbons (Fsp3) is 0.875. The van der Waals surface area contributed by atoms with Gasteiger partial charge in [-0.3, -0.25) is 9.69 Å². The van der Waals surface area contributed by atoms with E-state index in [1.165, 1.54) is 0 Å². The van der Waals surface area contributed by atoms with Crippen LogP contribution >= 0.6 is 0 Å². The van der Waals surface area contributed by atoms with Gasteiger partial charge in [0.05, 0.1) is 18.8 Å². The molecule has 3 unspecified atom stereocenters. The maximum Gasteiger partial charge on any atom is 0.323 e. The van der Waals surface area contributed by atoms with Crippen LogP contribution in [0.1, 0.15) is 6.42 Å². The zero-order chi connectivity index (χ0) is 9.42. The molecule has 0 aromatic carbocycles. The molecule has 2 heterocycles. The summed E-state index contributed by atoms with van der Waals surface area (Å²) < 4.78 is 4.80. The van der Waals surface area contributed by atoms with E-state index in [1.54, 1.807) is 4.90 Å². The fourth-order valence-electron chi connectivity index (χ4n) is 1.87. The quantitative estimate of drug-likeness (QED) is 0.481. The molecule has 2 N–H and O–H groups in total. The van der Waals surface area contributed by atoms with Gasteiger partial charge in [0.1, 0.15) is 6.04 Å². The van der Waals surface area contributed by atoms with E-state index in [0.29, 0.717) is 26.1 Å². The van der Waals surface area contributed by atoms with Gasteiger partial charge in [-0.15, -0.1) is 0 Å². The van der Waals surface area contributed by atoms with Gasteiger partial charge >= 0.3 is 5.97 Å². The summed E-state index contributed by atoms with van der Waals surface area (Å²) in [4.78, 5) is 12.9. The second-order valence-electron chi connectivity index (χ2n) is 3.56. The number of hydrogen-bond donors (Lipinski definition) is 2. The molecule has 2 saturated heterocycles. The second kappa shape index (κ2) is 3.25. The predicted octanol–water partition coefficient (Wildman–Crippen LogP) is -1.66. The van der Waals surface area contributed by atoms with Gasteiger partial charge in [-0.25, -0.2) is 0 Å². The maximum absolute atomic E-state index is 11.1. The Hall–Kier alpha value is -0.650. The monoisotopic (exact) mass is 187 g/mol. The predicted molar refractivity (Wildman–Crippen MR) is 43.0 cm³/mol. The van der Waals surface area contributed by atoms with Crippen LogP contribution in [0.3, 0.4) is 0 Å². The molecule has 5 nitrogen and oxygen atoms in total. The normalized spacial score (nSPS) is 41.1. The first-order valence-corrected chi connectivity index (χ1v) is 4.45. The highest BCUT2D eigenvalue weighted by Gasteiger charge is 2.39. The zero-order valence-electron chi connectivity index (χ0n) is 7.22. The number of nitrogens with zero attached hydrogens (tertiary/aromatic N) is 1. The molecular formula is C8H13NO4. The number of likely N-dealkylation sites (tertiary alicyclic amines) is 1. The average molecular weight is 187 g/mol. The molecule has 0 aliphatic carbocycles. The Kier molecular flexibility index (Phi) is 2.23. The van der Waals surface area contributed by atoms with Crippen LogP contribution in [0.2, 0.25) is 0 Å². The standard InChI is InChI=1S/C8H13NO4/c10-6-3-9(4-7(6)11)5-1-2-13-8(5)12/h5-7,10-11H,1-4H2. The van der Waals surface area contributed by atoms with Gasteiger partial charge in [0, 0.05) is 19.5 Å². The molecular weight excluding hydrogens is 174 g/mol. The number of ether oxygens (including phenoxy) is 1. The average Bonchev–Trinajstić information content (AvgIpc) is 2.60. The lowest BCUT2D eigenvalue weighted by Crippen LogP contribution is -2.37. The molecule has 5 heteroatoms. The van der Waals surface area contributed by atoms with Crippen LogP contribution in [-0.2, 0) is 9.53 Å². The second-order valence-corrected chi connectivity index (χ2v) is 3.56. The first-order chi connectivity index (χ1) is 6.18. The number of carbonyl (C=O) groups is 1. The zero-order valence-corrected chi connectivity index (χ0v) is 7.22. The van der Waals surface area contributed by atoms with Crippen LogP contribution in [0.15, 0.2) is 0 Å². The molecule has 2 rings (SSSR count). The Morgan fingerprint density at radius 3 is 2.38 bits per heavy atom. The number of rotatable bonds is 1. The Bertz CT molecular complexity index is 210. The summed E-state index contributed by atoms with van der Waals surface area (Å²) in [6.45, 7) is 1.17. The van der Waals surface area contributed by atoms with Gasteiger partial charge in [-0.05, 0) is 0 Å². The summed E-state index contributed by atoms with van der Waals surface area (Å²) in [6.07, 6.45) is -0.792. The minimum atomic E-state index is -0.728. The summed E-state index contributed by atoms with van der Waals surface area (Å²) in [5.74, 6) is -0.235. The van der Waals surface area contributed by atoms with Crippen LogP contribution in [0.5, 0.6) is 0 Å². The summed E-state index contributed by atoms with van der Waals surface area (Å²) in [5, 5.41) is 18.5. The van der Waals surface area contributed by atoms with E-state index in [1.807, 2.05) is 0 Å². The van der Waals surface area contributed by atoms with Gasteiger partial charge in [0.25, 0.3) is 0 Å². The van der Waals surface area contributed by atoms with Gasteiger partial charge in [-0.2, -0.15) is 0 Å². The van der Waals surface area contributed by atoms with Gasteiger partial charge < -0.3 is 14.9 Å². The molecule has 2 aliphatic rings. The van der Waals surface area contributed by atoms with E-state index < -0.39 is 12.2 Å². The number of carbonyl (C=O) groups excluding carboxylic acids is 1. The number of esters is 1. The van der Waals surface area contributed by atoms with Crippen molar-refractivity contribution in [1.29, 1.82) is 0 Å². The number of aliphatic hydroxyl groups is 2. The van der Waals surface area contributed by atoms with E-state index in [9.17, 15) is 15.0 Å². The van der Waals surface area contributed by atoms with Gasteiger partial charge in [0.2, 0.25) is 0 Å². The third kappa shape index (κ3) is 1.54. The van der Waals surface area contributed by atoms with Crippen LogP contribution in [0, 0.1) is 0 Å². The van der Waals surface area contributed by atoms with Crippen LogP contribution < -0.4 is 0 Å². The van der Waals surface area contributed by atoms with Crippen LogP contribution in [0.25, 0.3) is 0 Å². The summed E-state index contributed by atoms with van der Waals surface area (Å²) >= 11 is 0. The Balaban J connectivity index is 1.98. The molecule has 3 atom stereocenters. The van der Waals surface area contributed by atoms with E-state index in [0.717, 1.165) is 0 Å². The summed E-state index contributed by atoms with van der Waals surface area (Å²) in [7, 11) is 0. The maximum atomic E-state index is 11.1. The van der Waals surface area contributed by atoms with Crippen molar-refractivity contribution in [2.24, 2.45) is 0 Å². The van der Waals surface area contributed by atoms with Gasteiger partial charge in [0.15, 0.2) is 0 Å². The minimum Gasteiger partial charge on any atom is -0.464 e. The number of β-amino-alcohol motifs (C(OH)–C–C–N with tert-alkyl or cyclic N) is 2. The highest BCUT2D eigenvalue weighted by Crippen LogP contribution is 2.19. The molecule has 0 aromatic heterocycles. The molecule has 74 valence electrons. The number of aliphatic hydroxyl groups excluding tert-OH is 2. The molecule has 0 amide bonds. The topological polar surface area (TPSA) is 70.0 Å². The first kappa shape index (κ1) is 8.93. The van der Waals surface area contributed by atoms with Gasteiger partial charge in [-0.1, -0.05) is 0 Å². The van der Waals surface area contributed by atoms with E-state index >= 15 is 0 Å². The molecule has 0 saturated carbocycles. The molecule has 0 radical (unpaired) electrons. The van der Waals surface area contributed by atoms with Crippen molar-refractivity contribution in [2.45, 2.75) is 24.7 Å². The fourth-order valence-corrected chi connectivity index (χ4v) is 1.87. The Morgan fingerprint density at radius 1 is 1.31 bits per heavy atom. The van der Waals surface area contributed by atoms with Crippen molar-refractivity contribution in [1.82, 2.24) is 4.90 Å². The Labute approximate surface area is 75.9 Å². The minimum absolute atomic E-state index is 0.235. The molecule has 0 spiro atoms. The van der Waals surface area contributed by atoms with Crippen LogP contribution in [-0.4, -0.2) is 59.0 Å². The SMILES string of the molecule is O=C1OCCC1N1CC(O)C(O)C1. The molecule has 2 aliphatic heterocycles. The van der Waals surface area contributed by atoms with Crippen molar-refractivity contribution < 1.29 is 19.7 Å². The van der Waals surface area contributed by atoms with Crippen molar-refractivity contribution in [3.63, 3.8) is 0 Å². The van der Waals surface area contributed by atoms with Crippen molar-refractivity contribution in [3.05, 3.63) is 0 Å². The van der Waals surface area contributed by atoms with E-state index in [-0.39, 0.29) is 12.0 Å². The molecule has 2 fully saturated rings. The summed E-state index contributed by atoms with van der Waals surface area (Å²) in [6, 6.07) is -0.258. The highest BCUT2D eigenvalue weighted by atomic mass is 16.5. The number of cyclic esters (lactones) is 1. The smallest absolute Gasteiger partial charge is 0.323 e. The van der Waals surface area contributed by atoms with E-state index in [2.05, 4.69) is 0 Å². The largest absolute Gasteiger partial charge is 0.464 e. The van der Waals surface area contributed by atoms with E-state index in [4.69, 9.17) is 4.74 Å². The lowest BCUT2D eigenvalue weighted by molar-refractivity contribution is -0.142. The third-order valence-electron chi connectivity index (χ3n) is 2.64. The summed E-state index contributed by atoms with van der Waals surface area (Å²) in [5.41, 5.74) is 0. The van der Waals surface area contributed by atoms with Crippen molar-refractivity contribution in [3.8, 4) is 0 Å². The first-order valence-electron chi connectivity index (χ1n) is 4.45. The molecule has 0 aromatic rings. The highest BCUT2D eigenvalue weighted by molar-refractivity contribution is 5.77. The Morgan fingerprint density at radius 2 is 1.92 bits per heavy atom.